The molecule has 0 aromatic heterocycles. The molecule has 0 heterocycles. The van der Waals surface area contributed by atoms with Gasteiger partial charge in [-0.2, -0.15) is 0 Å². The Morgan fingerprint density at radius 2 is 1.75 bits per heavy atom. The number of rotatable bonds is 8. The van der Waals surface area contributed by atoms with Crippen LogP contribution < -0.4 is 20.1 Å². The van der Waals surface area contributed by atoms with Gasteiger partial charge in [0.15, 0.2) is 5.96 Å². The Morgan fingerprint density at radius 1 is 1.07 bits per heavy atom. The zero-order chi connectivity index (χ0) is 20.5. The predicted octanol–water partition coefficient (Wildman–Crippen LogP) is 3.86. The van der Waals surface area contributed by atoms with E-state index in [9.17, 15) is 5.11 Å². The third kappa shape index (κ3) is 6.37. The van der Waals surface area contributed by atoms with E-state index in [1.807, 2.05) is 12.1 Å². The Kier molecular flexibility index (Phi) is 7.99. The monoisotopic (exact) mass is 385 g/mol. The highest BCUT2D eigenvalue weighted by molar-refractivity contribution is 5.80. The number of ether oxygens (including phenoxy) is 2. The third-order valence-electron chi connectivity index (χ3n) is 4.27. The molecule has 0 fully saturated rings. The van der Waals surface area contributed by atoms with E-state index in [4.69, 9.17) is 9.47 Å². The Hall–Kier alpha value is -2.89. The number of phenolic OH excluding ortho intramolecular Hbond substituents is 1. The number of hydrogen-bond donors (Lipinski definition) is 3. The van der Waals surface area contributed by atoms with Gasteiger partial charge in [-0.1, -0.05) is 26.0 Å². The van der Waals surface area contributed by atoms with Gasteiger partial charge in [-0.05, 0) is 48.7 Å². The molecule has 0 aliphatic carbocycles. The Bertz CT molecular complexity index is 773. The van der Waals surface area contributed by atoms with Crippen molar-refractivity contribution in [3.63, 3.8) is 0 Å². The predicted molar refractivity (Wildman–Crippen MR) is 113 cm³/mol. The van der Waals surface area contributed by atoms with Crippen molar-refractivity contribution < 1.29 is 14.6 Å². The largest absolute Gasteiger partial charge is 0.508 e. The van der Waals surface area contributed by atoms with Crippen molar-refractivity contribution in [2.75, 3.05) is 20.8 Å². The molecule has 0 aliphatic rings. The normalized spacial score (nSPS) is 12.6. The third-order valence-corrected chi connectivity index (χ3v) is 4.27. The quantitative estimate of drug-likeness (QED) is 0.475. The first-order valence-corrected chi connectivity index (χ1v) is 9.48. The van der Waals surface area contributed by atoms with Crippen LogP contribution in [0.25, 0.3) is 0 Å². The SMILES string of the molecule is CN=C(NCc1cc(OC)ccc1O)NC(C)c1ccc(OCC(C)C)cc1. The number of nitrogens with zero attached hydrogens (tertiary/aromatic N) is 1. The fourth-order valence-electron chi connectivity index (χ4n) is 2.61. The number of phenols is 1. The summed E-state index contributed by atoms with van der Waals surface area (Å²) < 4.78 is 10.9. The number of guanidine groups is 1. The van der Waals surface area contributed by atoms with Crippen LogP contribution in [0.15, 0.2) is 47.5 Å². The number of aliphatic imine (C=N–C) groups is 1. The van der Waals surface area contributed by atoms with Crippen molar-refractivity contribution in [3.8, 4) is 17.2 Å². The molecule has 0 spiro atoms. The van der Waals surface area contributed by atoms with Gasteiger partial charge in [0, 0.05) is 19.2 Å². The molecule has 0 radical (unpaired) electrons. The zero-order valence-electron chi connectivity index (χ0n) is 17.3. The topological polar surface area (TPSA) is 75.1 Å². The summed E-state index contributed by atoms with van der Waals surface area (Å²) in [6.45, 7) is 7.46. The summed E-state index contributed by atoms with van der Waals surface area (Å²) in [5, 5.41) is 16.6. The van der Waals surface area contributed by atoms with Gasteiger partial charge < -0.3 is 25.2 Å². The Balaban J connectivity index is 1.93. The highest BCUT2D eigenvalue weighted by atomic mass is 16.5. The maximum atomic E-state index is 10.0. The van der Waals surface area contributed by atoms with E-state index in [1.54, 1.807) is 32.4 Å². The first-order chi connectivity index (χ1) is 13.4. The van der Waals surface area contributed by atoms with Gasteiger partial charge in [0.2, 0.25) is 0 Å². The van der Waals surface area contributed by atoms with Crippen LogP contribution >= 0.6 is 0 Å². The molecule has 2 aromatic carbocycles. The van der Waals surface area contributed by atoms with Crippen molar-refractivity contribution >= 4 is 5.96 Å². The summed E-state index contributed by atoms with van der Waals surface area (Å²) in [6.07, 6.45) is 0. The number of benzene rings is 2. The zero-order valence-corrected chi connectivity index (χ0v) is 17.3. The number of aromatic hydroxyl groups is 1. The lowest BCUT2D eigenvalue weighted by atomic mass is 10.1. The summed E-state index contributed by atoms with van der Waals surface area (Å²) >= 11 is 0. The molecular weight excluding hydrogens is 354 g/mol. The van der Waals surface area contributed by atoms with Crippen LogP contribution in [0, 0.1) is 5.92 Å². The van der Waals surface area contributed by atoms with Crippen LogP contribution in [0.5, 0.6) is 17.2 Å². The van der Waals surface area contributed by atoms with Crippen molar-refractivity contribution in [2.45, 2.75) is 33.4 Å². The van der Waals surface area contributed by atoms with Crippen LogP contribution in [-0.2, 0) is 6.54 Å². The Morgan fingerprint density at radius 3 is 2.36 bits per heavy atom. The lowest BCUT2D eigenvalue weighted by Gasteiger charge is -2.19. The maximum Gasteiger partial charge on any atom is 0.191 e. The number of hydrogen-bond acceptors (Lipinski definition) is 4. The summed E-state index contributed by atoms with van der Waals surface area (Å²) in [6, 6.07) is 13.3. The molecule has 0 amide bonds. The second-order valence-corrected chi connectivity index (χ2v) is 7.06. The van der Waals surface area contributed by atoms with E-state index in [0.29, 0.717) is 30.8 Å². The molecule has 152 valence electrons. The molecule has 0 saturated carbocycles. The highest BCUT2D eigenvalue weighted by Gasteiger charge is 2.10. The maximum absolute atomic E-state index is 10.0. The molecule has 3 N–H and O–H groups in total. The van der Waals surface area contributed by atoms with Gasteiger partial charge in [-0.15, -0.1) is 0 Å². The minimum atomic E-state index is 0.0595. The van der Waals surface area contributed by atoms with Crippen molar-refractivity contribution in [3.05, 3.63) is 53.6 Å². The summed E-state index contributed by atoms with van der Waals surface area (Å²) in [7, 11) is 3.32. The molecule has 0 saturated heterocycles. The van der Waals surface area contributed by atoms with Crippen LogP contribution in [0.2, 0.25) is 0 Å². The smallest absolute Gasteiger partial charge is 0.191 e. The van der Waals surface area contributed by atoms with Gasteiger partial charge in [-0.3, -0.25) is 4.99 Å². The lowest BCUT2D eigenvalue weighted by Crippen LogP contribution is -2.38. The molecule has 0 bridgehead atoms. The number of nitrogens with one attached hydrogen (secondary N) is 2. The Labute approximate surface area is 167 Å². The van der Waals surface area contributed by atoms with E-state index >= 15 is 0 Å². The van der Waals surface area contributed by atoms with E-state index in [1.165, 1.54) is 0 Å². The van der Waals surface area contributed by atoms with E-state index < -0.39 is 0 Å². The van der Waals surface area contributed by atoms with Gasteiger partial charge >= 0.3 is 0 Å². The van der Waals surface area contributed by atoms with Crippen molar-refractivity contribution in [2.24, 2.45) is 10.9 Å². The summed E-state index contributed by atoms with van der Waals surface area (Å²) in [5.74, 6) is 2.94. The molecule has 1 atom stereocenters. The number of methoxy groups -OCH3 is 1. The molecule has 2 aromatic rings. The van der Waals surface area contributed by atoms with Crippen LogP contribution in [0.1, 0.15) is 37.9 Å². The summed E-state index contributed by atoms with van der Waals surface area (Å²) in [4.78, 5) is 4.26. The molecule has 1 unspecified atom stereocenters. The standard InChI is InChI=1S/C22H31N3O3/c1-15(2)14-28-19-8-6-17(7-9-19)16(3)25-22(23-4)24-13-18-12-20(27-5)10-11-21(18)26/h6-12,15-16,26H,13-14H2,1-5H3,(H2,23,24,25). The van der Waals surface area contributed by atoms with Gasteiger partial charge in [0.05, 0.1) is 19.8 Å². The van der Waals surface area contributed by atoms with E-state index in [-0.39, 0.29) is 11.8 Å². The fourth-order valence-corrected chi connectivity index (χ4v) is 2.61. The molecule has 2 rings (SSSR count). The molecule has 6 nitrogen and oxygen atoms in total. The minimum absolute atomic E-state index is 0.0595. The molecule has 0 aliphatic heterocycles. The second kappa shape index (κ2) is 10.4. The van der Waals surface area contributed by atoms with Gasteiger partial charge in [0.1, 0.15) is 17.2 Å². The fraction of sp³-hybridized carbons (Fsp3) is 0.409. The van der Waals surface area contributed by atoms with E-state index in [2.05, 4.69) is 48.5 Å². The van der Waals surface area contributed by atoms with E-state index in [0.717, 1.165) is 16.9 Å². The molecule has 28 heavy (non-hydrogen) atoms. The van der Waals surface area contributed by atoms with Gasteiger partial charge in [-0.25, -0.2) is 0 Å². The van der Waals surface area contributed by atoms with Crippen LogP contribution in [-0.4, -0.2) is 31.8 Å². The second-order valence-electron chi connectivity index (χ2n) is 7.06. The average molecular weight is 386 g/mol. The van der Waals surface area contributed by atoms with Crippen molar-refractivity contribution in [1.82, 2.24) is 10.6 Å². The highest BCUT2D eigenvalue weighted by Crippen LogP contribution is 2.22. The molecular formula is C22H31N3O3. The summed E-state index contributed by atoms with van der Waals surface area (Å²) in [5.41, 5.74) is 1.87. The first kappa shape index (κ1) is 21.4. The first-order valence-electron chi connectivity index (χ1n) is 9.48. The van der Waals surface area contributed by atoms with Crippen molar-refractivity contribution in [1.29, 1.82) is 0 Å². The van der Waals surface area contributed by atoms with Gasteiger partial charge in [0.25, 0.3) is 0 Å². The van der Waals surface area contributed by atoms with Crippen LogP contribution in [0.4, 0.5) is 0 Å². The minimum Gasteiger partial charge on any atom is -0.508 e. The lowest BCUT2D eigenvalue weighted by molar-refractivity contribution is 0.271. The molecule has 6 heteroatoms. The average Bonchev–Trinajstić information content (AvgIpc) is 2.70. The van der Waals surface area contributed by atoms with Crippen LogP contribution in [0.3, 0.4) is 0 Å².